The van der Waals surface area contributed by atoms with Gasteiger partial charge in [0.25, 0.3) is 5.91 Å². The van der Waals surface area contributed by atoms with Crippen LogP contribution in [0.25, 0.3) is 0 Å². The lowest BCUT2D eigenvalue weighted by atomic mass is 10.2. The smallest absolute Gasteiger partial charge is 0.416 e. The highest BCUT2D eigenvalue weighted by Crippen LogP contribution is 2.39. The summed E-state index contributed by atoms with van der Waals surface area (Å²) in [6.07, 6.45) is 0.101. The number of ether oxygens (including phenoxy) is 1. The highest BCUT2D eigenvalue weighted by atomic mass is 32.2. The molecule has 12 heteroatoms. The molecule has 1 aliphatic carbocycles. The number of hydrogen-bond acceptors (Lipinski definition) is 6. The molecule has 3 aliphatic rings. The van der Waals surface area contributed by atoms with Gasteiger partial charge in [0.2, 0.25) is 15.9 Å². The quantitative estimate of drug-likeness (QED) is 0.650. The van der Waals surface area contributed by atoms with Crippen LogP contribution < -0.4 is 4.74 Å². The molecule has 5 rings (SSSR count). The van der Waals surface area contributed by atoms with Crippen LogP contribution in [0.4, 0.5) is 13.2 Å². The Bertz CT molecular complexity index is 1170. The number of carbonyl (C=O) groups excluding carboxylic acids is 1. The minimum Gasteiger partial charge on any atom is -0.463 e. The Kier molecular flexibility index (Phi) is 5.31. The molecule has 0 spiro atoms. The van der Waals surface area contributed by atoms with Crippen LogP contribution in [0.3, 0.4) is 0 Å². The lowest BCUT2D eigenvalue weighted by Gasteiger charge is -2.36. The highest BCUT2D eigenvalue weighted by molar-refractivity contribution is 7.89. The molecule has 1 saturated carbocycles. The van der Waals surface area contributed by atoms with E-state index in [4.69, 9.17) is 4.74 Å². The maximum Gasteiger partial charge on any atom is 0.416 e. The van der Waals surface area contributed by atoms with Crippen molar-refractivity contribution in [3.63, 3.8) is 0 Å². The van der Waals surface area contributed by atoms with Crippen molar-refractivity contribution < 1.29 is 31.1 Å². The Morgan fingerprint density at radius 1 is 1.09 bits per heavy atom. The fourth-order valence-electron chi connectivity index (χ4n) is 4.27. The standard InChI is InChI=1S/C21H21F3N4O4S/c22-21(23,24)14-2-1-3-16(8-14)33(30,31)27-6-7-28-15(12-27)9-18(20(28)29)32-19-11-25-17(10-26-19)13-4-5-13/h1-3,8,10-11,13,15,18H,4-7,9,12H2/t15-,18?/m1/s1. The Hall–Kier alpha value is -2.73. The second-order valence-corrected chi connectivity index (χ2v) is 10.4. The highest BCUT2D eigenvalue weighted by Gasteiger charge is 2.46. The van der Waals surface area contributed by atoms with Crippen LogP contribution >= 0.6 is 0 Å². The van der Waals surface area contributed by atoms with Gasteiger partial charge in [-0.15, -0.1) is 0 Å². The van der Waals surface area contributed by atoms with Crippen LogP contribution in [0.5, 0.6) is 5.88 Å². The van der Waals surface area contributed by atoms with Gasteiger partial charge in [-0.1, -0.05) is 6.07 Å². The first kappa shape index (κ1) is 22.1. The third-order valence-electron chi connectivity index (χ3n) is 6.20. The van der Waals surface area contributed by atoms with Gasteiger partial charge in [0.15, 0.2) is 6.10 Å². The zero-order valence-corrected chi connectivity index (χ0v) is 18.2. The Morgan fingerprint density at radius 3 is 2.55 bits per heavy atom. The molecule has 8 nitrogen and oxygen atoms in total. The number of rotatable bonds is 5. The van der Waals surface area contributed by atoms with Crippen LogP contribution in [0.15, 0.2) is 41.6 Å². The van der Waals surface area contributed by atoms with E-state index in [1.807, 2.05) is 0 Å². The number of sulfonamides is 1. The summed E-state index contributed by atoms with van der Waals surface area (Å²) < 4.78 is 72.0. The lowest BCUT2D eigenvalue weighted by molar-refractivity contribution is -0.138. The van der Waals surface area contributed by atoms with Crippen LogP contribution in [0.2, 0.25) is 0 Å². The van der Waals surface area contributed by atoms with Crippen LogP contribution in [0.1, 0.15) is 36.4 Å². The number of halogens is 3. The van der Waals surface area contributed by atoms with E-state index >= 15 is 0 Å². The average Bonchev–Trinajstić information content (AvgIpc) is 3.59. The number of nitrogens with zero attached hydrogens (tertiary/aromatic N) is 4. The first-order valence-electron chi connectivity index (χ1n) is 10.6. The topological polar surface area (TPSA) is 92.7 Å². The Balaban J connectivity index is 1.28. The monoisotopic (exact) mass is 482 g/mol. The van der Waals surface area contributed by atoms with Gasteiger partial charge in [0.05, 0.1) is 28.5 Å². The van der Waals surface area contributed by atoms with Crippen molar-refractivity contribution in [3.05, 3.63) is 47.9 Å². The maximum absolute atomic E-state index is 13.0. The van der Waals surface area contributed by atoms with Crippen molar-refractivity contribution in [2.24, 2.45) is 0 Å². The van der Waals surface area contributed by atoms with E-state index in [1.165, 1.54) is 6.20 Å². The van der Waals surface area contributed by atoms with E-state index in [1.54, 1.807) is 11.1 Å². The number of amides is 1. The average molecular weight is 482 g/mol. The van der Waals surface area contributed by atoms with Crippen molar-refractivity contribution in [2.75, 3.05) is 19.6 Å². The van der Waals surface area contributed by atoms with Crippen molar-refractivity contribution >= 4 is 15.9 Å². The van der Waals surface area contributed by atoms with E-state index in [0.717, 1.165) is 41.0 Å². The molecule has 33 heavy (non-hydrogen) atoms. The summed E-state index contributed by atoms with van der Waals surface area (Å²) in [6, 6.07) is 3.25. The molecule has 1 aromatic carbocycles. The molecule has 2 atom stereocenters. The van der Waals surface area contributed by atoms with Crippen molar-refractivity contribution in [1.82, 2.24) is 19.2 Å². The molecule has 3 heterocycles. The zero-order chi connectivity index (χ0) is 23.4. The summed E-state index contributed by atoms with van der Waals surface area (Å²) in [5.74, 6) is 0.411. The van der Waals surface area contributed by atoms with E-state index in [9.17, 15) is 26.4 Å². The summed E-state index contributed by atoms with van der Waals surface area (Å²) in [5, 5.41) is 0. The molecule has 2 aromatic rings. The summed E-state index contributed by atoms with van der Waals surface area (Å²) in [5.41, 5.74) is -0.131. The summed E-state index contributed by atoms with van der Waals surface area (Å²) in [7, 11) is -4.15. The van der Waals surface area contributed by atoms with Crippen LogP contribution in [-0.4, -0.2) is 65.3 Å². The van der Waals surface area contributed by atoms with Gasteiger partial charge < -0.3 is 9.64 Å². The Labute approximate surface area is 188 Å². The maximum atomic E-state index is 13.0. The SMILES string of the molecule is O=C1C(Oc2cnc(C3CC3)cn2)C[C@@H]2CN(S(=O)(=O)c3cccc(C(F)(F)F)c3)CCN12. The van der Waals surface area contributed by atoms with Crippen molar-refractivity contribution in [2.45, 2.75) is 48.4 Å². The van der Waals surface area contributed by atoms with E-state index in [2.05, 4.69) is 9.97 Å². The van der Waals surface area contributed by atoms with Crippen molar-refractivity contribution in [1.29, 1.82) is 0 Å². The molecule has 176 valence electrons. The molecule has 0 bridgehead atoms. The molecule has 1 aromatic heterocycles. The van der Waals surface area contributed by atoms with Gasteiger partial charge >= 0.3 is 6.18 Å². The van der Waals surface area contributed by atoms with Gasteiger partial charge in [-0.05, 0) is 31.0 Å². The molecule has 1 unspecified atom stereocenters. The third kappa shape index (κ3) is 4.29. The normalized spacial score (nSPS) is 24.1. The summed E-state index contributed by atoms with van der Waals surface area (Å²) >= 11 is 0. The first-order valence-corrected chi connectivity index (χ1v) is 12.0. The van der Waals surface area contributed by atoms with Crippen molar-refractivity contribution in [3.8, 4) is 5.88 Å². The molecule has 1 amide bonds. The first-order chi connectivity index (χ1) is 15.6. The van der Waals surface area contributed by atoms with E-state index in [0.29, 0.717) is 12.0 Å². The molecular formula is C21H21F3N4O4S. The predicted molar refractivity (Wildman–Crippen MR) is 109 cm³/mol. The summed E-state index contributed by atoms with van der Waals surface area (Å²) in [4.78, 5) is 22.5. The minimum absolute atomic E-state index is 0.0105. The molecule has 3 fully saturated rings. The van der Waals surface area contributed by atoms with Gasteiger partial charge in [-0.25, -0.2) is 13.4 Å². The summed E-state index contributed by atoms with van der Waals surface area (Å²) in [6.45, 7) is 0.105. The molecule has 0 radical (unpaired) electrons. The second kappa shape index (κ2) is 7.94. The molecule has 2 aliphatic heterocycles. The van der Waals surface area contributed by atoms with Crippen LogP contribution in [0, 0.1) is 0 Å². The van der Waals surface area contributed by atoms with E-state index < -0.39 is 38.8 Å². The Morgan fingerprint density at radius 2 is 1.88 bits per heavy atom. The van der Waals surface area contributed by atoms with Gasteiger partial charge in [0.1, 0.15) is 0 Å². The number of hydrogen-bond donors (Lipinski definition) is 0. The zero-order valence-electron chi connectivity index (χ0n) is 17.4. The number of alkyl halides is 3. The molecule has 2 saturated heterocycles. The molecular weight excluding hydrogens is 461 g/mol. The second-order valence-electron chi connectivity index (χ2n) is 8.47. The fraction of sp³-hybridized carbons (Fsp3) is 0.476. The number of piperazine rings is 1. The van der Waals surface area contributed by atoms with Gasteiger partial charge in [-0.3, -0.25) is 9.78 Å². The number of aromatic nitrogens is 2. The lowest BCUT2D eigenvalue weighted by Crippen LogP contribution is -2.53. The third-order valence-corrected chi connectivity index (χ3v) is 8.06. The number of fused-ring (bicyclic) bond motifs is 1. The van der Waals surface area contributed by atoms with E-state index in [-0.39, 0.29) is 37.8 Å². The largest absolute Gasteiger partial charge is 0.463 e. The van der Waals surface area contributed by atoms with Crippen LogP contribution in [-0.2, 0) is 21.0 Å². The number of benzene rings is 1. The minimum atomic E-state index is -4.65. The molecule has 0 N–H and O–H groups in total. The number of carbonyl (C=O) groups is 1. The fourth-order valence-corrected chi connectivity index (χ4v) is 5.79. The van der Waals surface area contributed by atoms with Gasteiger partial charge in [0, 0.05) is 38.0 Å². The predicted octanol–water partition coefficient (Wildman–Crippen LogP) is 2.43. The van der Waals surface area contributed by atoms with Gasteiger partial charge in [-0.2, -0.15) is 17.5 Å².